The molecule has 20 heavy (non-hydrogen) atoms. The summed E-state index contributed by atoms with van der Waals surface area (Å²) in [5.74, 6) is -0.612. The Kier molecular flexibility index (Phi) is 4.51. The van der Waals surface area contributed by atoms with Crippen LogP contribution in [0.4, 0.5) is 0 Å². The van der Waals surface area contributed by atoms with E-state index in [1.165, 1.54) is 0 Å². The van der Waals surface area contributed by atoms with Crippen LogP contribution >= 0.6 is 12.2 Å². The van der Waals surface area contributed by atoms with Gasteiger partial charge in [-0.05, 0) is 23.8 Å². The van der Waals surface area contributed by atoms with Crippen molar-refractivity contribution >= 4 is 34.2 Å². The highest BCUT2D eigenvalue weighted by Crippen LogP contribution is 2.18. The van der Waals surface area contributed by atoms with E-state index in [1.807, 2.05) is 30.5 Å². The van der Waals surface area contributed by atoms with Crippen molar-refractivity contribution in [2.24, 2.45) is 11.5 Å². The van der Waals surface area contributed by atoms with Crippen LogP contribution in [-0.2, 0) is 16.1 Å². The average molecular weight is 293 g/mol. The first-order chi connectivity index (χ1) is 9.58. The highest BCUT2D eigenvalue weighted by atomic mass is 32.1. The Morgan fingerprint density at radius 2 is 2.20 bits per heavy atom. The summed E-state index contributed by atoms with van der Waals surface area (Å²) in [6.45, 7) is 0. The summed E-state index contributed by atoms with van der Waals surface area (Å²) >= 11 is 4.54. The molecule has 1 aromatic heterocycles. The van der Waals surface area contributed by atoms with Gasteiger partial charge in [0.05, 0.1) is 0 Å². The first-order valence-corrected chi connectivity index (χ1v) is 6.30. The van der Waals surface area contributed by atoms with Crippen molar-refractivity contribution in [3.05, 3.63) is 36.0 Å². The van der Waals surface area contributed by atoms with Crippen molar-refractivity contribution in [1.82, 2.24) is 16.0 Å². The summed E-state index contributed by atoms with van der Waals surface area (Å²) in [7, 11) is 0. The Bertz CT molecular complexity index is 627. The lowest BCUT2D eigenvalue weighted by atomic mass is 10.1. The van der Waals surface area contributed by atoms with Gasteiger partial charge < -0.3 is 21.3 Å². The van der Waals surface area contributed by atoms with Gasteiger partial charge in [0, 0.05) is 23.5 Å². The maximum Gasteiger partial charge on any atom is 0.344 e. The van der Waals surface area contributed by atoms with Crippen molar-refractivity contribution in [2.45, 2.75) is 12.5 Å². The van der Waals surface area contributed by atoms with Crippen molar-refractivity contribution in [2.75, 3.05) is 0 Å². The third-order valence-electron chi connectivity index (χ3n) is 2.74. The Morgan fingerprint density at radius 3 is 2.95 bits per heavy atom. The third-order valence-corrected chi connectivity index (χ3v) is 2.85. The summed E-state index contributed by atoms with van der Waals surface area (Å²) < 4.78 is 0. The average Bonchev–Trinajstić information content (AvgIpc) is 2.81. The molecule has 0 bridgehead atoms. The fourth-order valence-corrected chi connectivity index (χ4v) is 1.86. The van der Waals surface area contributed by atoms with Crippen LogP contribution in [0.2, 0.25) is 0 Å². The molecule has 2 aromatic rings. The molecule has 2 rings (SSSR count). The van der Waals surface area contributed by atoms with Crippen LogP contribution in [0.3, 0.4) is 0 Å². The van der Waals surface area contributed by atoms with E-state index < -0.39 is 12.0 Å². The predicted octanol–water partition coefficient (Wildman–Crippen LogP) is -0.166. The second-order valence-electron chi connectivity index (χ2n) is 4.18. The maximum atomic E-state index is 11.6. The molecule has 0 aliphatic heterocycles. The maximum absolute atomic E-state index is 11.6. The molecule has 0 saturated carbocycles. The molecule has 0 spiro atoms. The first kappa shape index (κ1) is 14.3. The van der Waals surface area contributed by atoms with Crippen LogP contribution in [0.5, 0.6) is 0 Å². The van der Waals surface area contributed by atoms with Gasteiger partial charge in [-0.15, -0.1) is 0 Å². The number of hydrogen-bond acceptors (Lipinski definition) is 5. The lowest BCUT2D eigenvalue weighted by molar-refractivity contribution is -0.154. The number of carbonyl (C=O) groups is 1. The number of nitrogens with one attached hydrogen (secondary N) is 3. The topological polar surface area (TPSA) is 118 Å². The number of benzene rings is 1. The Hall–Kier alpha value is -2.16. The van der Waals surface area contributed by atoms with Gasteiger partial charge in [0.1, 0.15) is 6.04 Å². The van der Waals surface area contributed by atoms with E-state index >= 15 is 0 Å². The summed E-state index contributed by atoms with van der Waals surface area (Å²) in [6, 6.07) is 6.98. The summed E-state index contributed by atoms with van der Waals surface area (Å²) in [4.78, 5) is 19.4. The van der Waals surface area contributed by atoms with Gasteiger partial charge in [0.15, 0.2) is 5.11 Å². The number of hydrogen-bond donors (Lipinski definition) is 5. The van der Waals surface area contributed by atoms with Gasteiger partial charge in [0.25, 0.3) is 0 Å². The number of aromatic amines is 1. The SMILES string of the molecule is NC(=S)NNOC(=O)[C@@H](N)Cc1c[nH]c2ccccc12. The molecule has 0 amide bonds. The van der Waals surface area contributed by atoms with Crippen molar-refractivity contribution in [3.8, 4) is 0 Å². The van der Waals surface area contributed by atoms with Crippen LogP contribution in [0.1, 0.15) is 5.56 Å². The van der Waals surface area contributed by atoms with Gasteiger partial charge in [-0.3, -0.25) is 5.43 Å². The molecule has 7 nitrogen and oxygen atoms in total. The monoisotopic (exact) mass is 293 g/mol. The smallest absolute Gasteiger partial charge is 0.344 e. The minimum absolute atomic E-state index is 0.0389. The number of hydrazine groups is 1. The summed E-state index contributed by atoms with van der Waals surface area (Å²) in [6.07, 6.45) is 2.19. The van der Waals surface area contributed by atoms with Crippen LogP contribution in [0.15, 0.2) is 30.5 Å². The Labute approximate surface area is 120 Å². The second-order valence-corrected chi connectivity index (χ2v) is 4.62. The molecule has 0 saturated heterocycles. The minimum Gasteiger partial charge on any atom is -0.375 e. The van der Waals surface area contributed by atoms with E-state index in [9.17, 15) is 4.79 Å². The van der Waals surface area contributed by atoms with E-state index in [-0.39, 0.29) is 5.11 Å². The molecule has 0 radical (unpaired) electrons. The molecule has 106 valence electrons. The normalized spacial score (nSPS) is 12.1. The molecule has 1 atom stereocenters. The van der Waals surface area contributed by atoms with Gasteiger partial charge in [-0.25, -0.2) is 4.79 Å². The number of para-hydroxylation sites is 1. The number of rotatable bonds is 5. The van der Waals surface area contributed by atoms with Crippen LogP contribution < -0.4 is 22.5 Å². The largest absolute Gasteiger partial charge is 0.375 e. The van der Waals surface area contributed by atoms with Gasteiger partial charge >= 0.3 is 5.97 Å². The second kappa shape index (κ2) is 6.33. The minimum atomic E-state index is -0.796. The van der Waals surface area contributed by atoms with Gasteiger partial charge in [0.2, 0.25) is 0 Å². The number of carbonyl (C=O) groups excluding carboxylic acids is 1. The molecule has 0 aliphatic carbocycles. The Morgan fingerprint density at radius 1 is 1.45 bits per heavy atom. The third kappa shape index (κ3) is 3.44. The van der Waals surface area contributed by atoms with Crippen molar-refractivity contribution in [1.29, 1.82) is 0 Å². The number of aromatic nitrogens is 1. The predicted molar refractivity (Wildman–Crippen MR) is 79.1 cm³/mol. The van der Waals surface area contributed by atoms with E-state index in [0.29, 0.717) is 6.42 Å². The fraction of sp³-hybridized carbons (Fsp3) is 0.167. The molecular formula is C12H15N5O2S. The zero-order chi connectivity index (χ0) is 14.5. The number of H-pyrrole nitrogens is 1. The fourth-order valence-electron chi connectivity index (χ4n) is 1.82. The van der Waals surface area contributed by atoms with Gasteiger partial charge in [-0.2, -0.15) is 0 Å². The quantitative estimate of drug-likeness (QED) is 0.384. The molecule has 0 unspecified atom stereocenters. The van der Waals surface area contributed by atoms with Crippen molar-refractivity contribution in [3.63, 3.8) is 0 Å². The zero-order valence-electron chi connectivity index (χ0n) is 10.6. The number of fused-ring (bicyclic) bond motifs is 1. The lowest BCUT2D eigenvalue weighted by Gasteiger charge is -2.11. The molecule has 0 aliphatic rings. The zero-order valence-corrected chi connectivity index (χ0v) is 11.4. The lowest BCUT2D eigenvalue weighted by Crippen LogP contribution is -2.45. The Balaban J connectivity index is 1.95. The van der Waals surface area contributed by atoms with Crippen molar-refractivity contribution < 1.29 is 9.63 Å². The van der Waals surface area contributed by atoms with E-state index in [1.54, 1.807) is 0 Å². The van der Waals surface area contributed by atoms with E-state index in [4.69, 9.17) is 11.5 Å². The molecule has 0 fully saturated rings. The standard InChI is InChI=1S/C12H15N5O2S/c13-9(11(18)19-17-16-12(14)20)5-7-6-15-10-4-2-1-3-8(7)10/h1-4,6,9,15,17H,5,13H2,(H3,14,16,20)/t9-/m0/s1. The van der Waals surface area contributed by atoms with E-state index in [2.05, 4.69) is 33.1 Å². The number of nitrogens with two attached hydrogens (primary N) is 2. The number of thiocarbonyl (C=S) groups is 1. The molecule has 1 aromatic carbocycles. The molecule has 8 heteroatoms. The molecule has 7 N–H and O–H groups in total. The highest BCUT2D eigenvalue weighted by Gasteiger charge is 2.17. The molecule has 1 heterocycles. The van der Waals surface area contributed by atoms with Crippen LogP contribution in [0.25, 0.3) is 10.9 Å². The van der Waals surface area contributed by atoms with Gasteiger partial charge in [-0.1, -0.05) is 23.8 Å². The van der Waals surface area contributed by atoms with Crippen LogP contribution in [-0.4, -0.2) is 22.1 Å². The first-order valence-electron chi connectivity index (χ1n) is 5.89. The molecular weight excluding hydrogens is 278 g/mol. The summed E-state index contributed by atoms with van der Waals surface area (Å²) in [5.41, 5.74) is 17.3. The summed E-state index contributed by atoms with van der Waals surface area (Å²) in [5, 5.41) is 0.993. The van der Waals surface area contributed by atoms with E-state index in [0.717, 1.165) is 16.5 Å². The van der Waals surface area contributed by atoms with Crippen LogP contribution in [0, 0.1) is 0 Å². The highest BCUT2D eigenvalue weighted by molar-refractivity contribution is 7.80.